The van der Waals surface area contributed by atoms with Gasteiger partial charge in [0.1, 0.15) is 30.2 Å². The van der Waals surface area contributed by atoms with Crippen molar-refractivity contribution in [2.75, 3.05) is 31.7 Å². The van der Waals surface area contributed by atoms with E-state index in [9.17, 15) is 22.8 Å². The highest BCUT2D eigenvalue weighted by Gasteiger charge is 2.37. The van der Waals surface area contributed by atoms with E-state index in [4.69, 9.17) is 9.15 Å². The summed E-state index contributed by atoms with van der Waals surface area (Å²) in [6.45, 7) is 1.70. The lowest BCUT2D eigenvalue weighted by atomic mass is 10.0. The predicted octanol–water partition coefficient (Wildman–Crippen LogP) is 5.19. The number of fused-ring (bicyclic) bond motifs is 1. The highest BCUT2D eigenvalue weighted by Crippen LogP contribution is 2.30. The van der Waals surface area contributed by atoms with Crippen LogP contribution in [0.15, 0.2) is 51.7 Å². The molecule has 3 aromatic rings. The van der Waals surface area contributed by atoms with Crippen LogP contribution in [0.4, 0.5) is 18.9 Å². The van der Waals surface area contributed by atoms with Gasteiger partial charge in [-0.3, -0.25) is 9.69 Å². The van der Waals surface area contributed by atoms with Crippen molar-refractivity contribution >= 4 is 22.6 Å². The Morgan fingerprint density at radius 1 is 1.20 bits per heavy atom. The first kappa shape index (κ1) is 24.8. The molecule has 35 heavy (non-hydrogen) atoms. The number of nitrogens with zero attached hydrogens (tertiary/aromatic N) is 1. The molecule has 0 bridgehead atoms. The molecule has 2 heterocycles. The third-order valence-corrected chi connectivity index (χ3v) is 5.91. The van der Waals surface area contributed by atoms with Crippen molar-refractivity contribution in [1.29, 1.82) is 0 Å². The number of carbonyl (C=O) groups is 1. The van der Waals surface area contributed by atoms with E-state index < -0.39 is 24.1 Å². The molecule has 0 radical (unpaired) electrons. The number of hydrogen-bond donors (Lipinski definition) is 1. The van der Waals surface area contributed by atoms with E-state index in [1.165, 1.54) is 6.07 Å². The summed E-state index contributed by atoms with van der Waals surface area (Å²) in [6, 6.07) is 11.7. The minimum absolute atomic E-state index is 0.101. The molecule has 2 aromatic carbocycles. The number of likely N-dealkylation sites (tertiary alicyclic amines) is 1. The van der Waals surface area contributed by atoms with Crippen molar-refractivity contribution in [3.63, 3.8) is 0 Å². The minimum atomic E-state index is -2.64. The average molecular weight is 489 g/mol. The van der Waals surface area contributed by atoms with E-state index >= 15 is 0 Å². The second-order valence-corrected chi connectivity index (χ2v) is 8.66. The summed E-state index contributed by atoms with van der Waals surface area (Å²) in [5.74, 6) is -2.81. The molecule has 1 N–H and O–H groups in total. The van der Waals surface area contributed by atoms with Gasteiger partial charge >= 0.3 is 5.63 Å². The maximum Gasteiger partial charge on any atom is 0.349 e. The topological polar surface area (TPSA) is 71.8 Å². The van der Waals surface area contributed by atoms with Crippen LogP contribution in [0.5, 0.6) is 5.75 Å². The molecular weight excluding hydrogens is 461 g/mol. The highest BCUT2D eigenvalue weighted by atomic mass is 19.3. The fraction of sp³-hybridized carbons (Fsp3) is 0.385. The molecule has 0 spiro atoms. The number of anilines is 1. The minimum Gasteiger partial charge on any atom is -0.490 e. The molecular formula is C26H27F3N2O4. The van der Waals surface area contributed by atoms with Crippen molar-refractivity contribution in [3.8, 4) is 5.75 Å². The summed E-state index contributed by atoms with van der Waals surface area (Å²) >= 11 is 0. The Hall–Kier alpha value is -3.33. The number of aryl methyl sites for hydroxylation is 1. The molecule has 9 heteroatoms. The van der Waals surface area contributed by atoms with E-state index in [-0.39, 0.29) is 25.1 Å². The second-order valence-electron chi connectivity index (χ2n) is 8.66. The summed E-state index contributed by atoms with van der Waals surface area (Å²) in [5, 5.41) is 3.24. The third kappa shape index (κ3) is 5.85. The van der Waals surface area contributed by atoms with Crippen LogP contribution in [0, 0.1) is 0 Å². The van der Waals surface area contributed by atoms with Crippen LogP contribution in [-0.4, -0.2) is 43.1 Å². The lowest BCUT2D eigenvalue weighted by Gasteiger charge is -2.16. The van der Waals surface area contributed by atoms with Crippen LogP contribution < -0.4 is 15.7 Å². The molecule has 1 amide bonds. The summed E-state index contributed by atoms with van der Waals surface area (Å²) < 4.78 is 50.3. The number of amides is 1. The molecule has 1 fully saturated rings. The largest absolute Gasteiger partial charge is 0.490 e. The number of rotatable bonds is 9. The van der Waals surface area contributed by atoms with Crippen molar-refractivity contribution in [2.24, 2.45) is 0 Å². The van der Waals surface area contributed by atoms with E-state index in [2.05, 4.69) is 5.32 Å². The number of hydrogen-bond acceptors (Lipinski definition) is 5. The Labute approximate surface area is 200 Å². The molecule has 0 unspecified atom stereocenters. The maximum atomic E-state index is 13.4. The zero-order valence-corrected chi connectivity index (χ0v) is 19.4. The molecule has 1 aliphatic heterocycles. The summed E-state index contributed by atoms with van der Waals surface area (Å²) in [4.78, 5) is 27.1. The molecule has 0 saturated carbocycles. The molecule has 186 valence electrons. The van der Waals surface area contributed by atoms with Gasteiger partial charge < -0.3 is 14.5 Å². The third-order valence-electron chi connectivity index (χ3n) is 5.91. The summed E-state index contributed by atoms with van der Waals surface area (Å²) in [6.07, 6.45) is 1.18. The van der Waals surface area contributed by atoms with Crippen LogP contribution in [0.1, 0.15) is 41.3 Å². The molecule has 4 rings (SSSR count). The van der Waals surface area contributed by atoms with Gasteiger partial charge in [-0.15, -0.1) is 0 Å². The van der Waals surface area contributed by atoms with E-state index in [1.807, 2.05) is 6.92 Å². The monoisotopic (exact) mass is 488 g/mol. The van der Waals surface area contributed by atoms with Crippen LogP contribution in [0.3, 0.4) is 0 Å². The van der Waals surface area contributed by atoms with Crippen molar-refractivity contribution in [2.45, 2.75) is 38.7 Å². The Morgan fingerprint density at radius 3 is 2.63 bits per heavy atom. The average Bonchev–Trinajstić information content (AvgIpc) is 3.17. The summed E-state index contributed by atoms with van der Waals surface area (Å²) in [5.41, 5.74) is 1.35. The first-order valence-corrected chi connectivity index (χ1v) is 11.6. The smallest absolute Gasteiger partial charge is 0.349 e. The number of carbonyl (C=O) groups excluding carboxylic acids is 1. The van der Waals surface area contributed by atoms with Gasteiger partial charge in [-0.2, -0.15) is 0 Å². The molecule has 0 atom stereocenters. The predicted molar refractivity (Wildman–Crippen MR) is 127 cm³/mol. The normalized spacial score (nSPS) is 15.4. The SMILES string of the molecule is CCCc1c(OCCF)ccc2cc(C(=O)Nc3ccc(CN4CCC(F)(F)C4)cc3)c(=O)oc12. The first-order valence-electron chi connectivity index (χ1n) is 11.6. The zero-order valence-electron chi connectivity index (χ0n) is 19.4. The number of benzene rings is 2. The van der Waals surface area contributed by atoms with Crippen LogP contribution in [0.25, 0.3) is 11.0 Å². The molecule has 1 aromatic heterocycles. The number of alkyl halides is 3. The molecule has 0 aliphatic carbocycles. The molecule has 1 aliphatic rings. The maximum absolute atomic E-state index is 13.4. The van der Waals surface area contributed by atoms with Gasteiger partial charge in [0, 0.05) is 36.1 Å². The van der Waals surface area contributed by atoms with Gasteiger partial charge in [0.25, 0.3) is 11.8 Å². The quantitative estimate of drug-likeness (QED) is 0.420. The van der Waals surface area contributed by atoms with E-state index in [0.29, 0.717) is 47.5 Å². The van der Waals surface area contributed by atoms with Gasteiger partial charge in [-0.05, 0) is 42.3 Å². The van der Waals surface area contributed by atoms with Gasteiger partial charge in [0.15, 0.2) is 0 Å². The van der Waals surface area contributed by atoms with Crippen LogP contribution in [-0.2, 0) is 13.0 Å². The van der Waals surface area contributed by atoms with Crippen molar-refractivity contribution in [1.82, 2.24) is 4.90 Å². The number of ether oxygens (including phenoxy) is 1. The van der Waals surface area contributed by atoms with Gasteiger partial charge in [-0.25, -0.2) is 18.0 Å². The van der Waals surface area contributed by atoms with Gasteiger partial charge in [-0.1, -0.05) is 25.5 Å². The van der Waals surface area contributed by atoms with E-state index in [1.54, 1.807) is 41.3 Å². The van der Waals surface area contributed by atoms with Crippen LogP contribution >= 0.6 is 0 Å². The zero-order chi connectivity index (χ0) is 25.0. The lowest BCUT2D eigenvalue weighted by Crippen LogP contribution is -2.24. The standard InChI is InChI=1S/C26H27F3N2O4/c1-2-3-20-22(34-13-11-27)9-6-18-14-21(25(33)35-23(18)20)24(32)30-19-7-4-17(5-8-19)15-31-12-10-26(28,29)16-31/h4-9,14H,2-3,10-13,15-16H2,1H3,(H,30,32). The Bertz CT molecular complexity index is 1260. The lowest BCUT2D eigenvalue weighted by molar-refractivity contribution is 0.0115. The molecule has 6 nitrogen and oxygen atoms in total. The van der Waals surface area contributed by atoms with Crippen molar-refractivity contribution in [3.05, 3.63) is 69.6 Å². The van der Waals surface area contributed by atoms with Gasteiger partial charge in [0.05, 0.1) is 6.54 Å². The van der Waals surface area contributed by atoms with Crippen molar-refractivity contribution < 1.29 is 27.1 Å². The molecule has 1 saturated heterocycles. The number of nitrogens with one attached hydrogen (secondary N) is 1. The highest BCUT2D eigenvalue weighted by molar-refractivity contribution is 6.05. The summed E-state index contributed by atoms with van der Waals surface area (Å²) in [7, 11) is 0. The Morgan fingerprint density at radius 2 is 1.97 bits per heavy atom. The first-order chi connectivity index (χ1) is 16.8. The Kier molecular flexibility index (Phi) is 7.45. The van der Waals surface area contributed by atoms with E-state index in [0.717, 1.165) is 12.0 Å². The van der Waals surface area contributed by atoms with Crippen LogP contribution in [0.2, 0.25) is 0 Å². The van der Waals surface area contributed by atoms with Gasteiger partial charge in [0.2, 0.25) is 0 Å². The fourth-order valence-electron chi connectivity index (χ4n) is 4.24. The fourth-order valence-corrected chi connectivity index (χ4v) is 4.24. The Balaban J connectivity index is 1.50. The number of halogens is 3. The second kappa shape index (κ2) is 10.5.